The Kier molecular flexibility index (Phi) is 7.75. The largest absolute Gasteiger partial charge is 0.491 e. The first-order chi connectivity index (χ1) is 10.5. The topological polar surface area (TPSA) is 84.6 Å². The van der Waals surface area contributed by atoms with Crippen LogP contribution in [-0.2, 0) is 4.79 Å². The fourth-order valence-corrected chi connectivity index (χ4v) is 2.58. The van der Waals surface area contributed by atoms with Gasteiger partial charge < -0.3 is 20.9 Å². The first kappa shape index (κ1) is 19.7. The van der Waals surface area contributed by atoms with Crippen LogP contribution in [0.3, 0.4) is 0 Å². The van der Waals surface area contributed by atoms with Gasteiger partial charge in [0, 0.05) is 6.54 Å². The number of hydrogen-bond acceptors (Lipinski definition) is 4. The number of aliphatic hydroxyl groups excluding tert-OH is 1. The zero-order valence-corrected chi connectivity index (χ0v) is 13.8. The van der Waals surface area contributed by atoms with Crippen LogP contribution in [0.4, 0.5) is 4.39 Å². The SMILES string of the molecule is Cl.NC1(C(=O)NCC(O)COc2ccc(F)cc2)CCCCC1. The average molecular weight is 347 g/mol. The quantitative estimate of drug-likeness (QED) is 0.733. The third-order valence-electron chi connectivity index (χ3n) is 3.95. The van der Waals surface area contributed by atoms with E-state index in [0.29, 0.717) is 18.6 Å². The summed E-state index contributed by atoms with van der Waals surface area (Å²) in [5, 5.41) is 12.5. The van der Waals surface area contributed by atoms with E-state index < -0.39 is 11.6 Å². The predicted molar refractivity (Wildman–Crippen MR) is 88.2 cm³/mol. The van der Waals surface area contributed by atoms with E-state index in [1.165, 1.54) is 24.3 Å². The van der Waals surface area contributed by atoms with E-state index >= 15 is 0 Å². The van der Waals surface area contributed by atoms with E-state index in [0.717, 1.165) is 19.3 Å². The Hall–Kier alpha value is -1.37. The maximum atomic E-state index is 12.7. The zero-order valence-electron chi connectivity index (χ0n) is 13.0. The van der Waals surface area contributed by atoms with Crippen molar-refractivity contribution in [2.24, 2.45) is 5.73 Å². The summed E-state index contributed by atoms with van der Waals surface area (Å²) < 4.78 is 18.1. The van der Waals surface area contributed by atoms with Gasteiger partial charge in [-0.3, -0.25) is 4.79 Å². The second-order valence-corrected chi connectivity index (χ2v) is 5.85. The van der Waals surface area contributed by atoms with E-state index in [1.54, 1.807) is 0 Å². The fraction of sp³-hybridized carbons (Fsp3) is 0.562. The third-order valence-corrected chi connectivity index (χ3v) is 3.95. The van der Waals surface area contributed by atoms with Gasteiger partial charge in [0.1, 0.15) is 24.3 Å². The number of carbonyl (C=O) groups is 1. The normalized spacial score (nSPS) is 17.7. The number of amides is 1. The first-order valence-electron chi connectivity index (χ1n) is 7.63. The average Bonchev–Trinajstić information content (AvgIpc) is 2.52. The van der Waals surface area contributed by atoms with Crippen molar-refractivity contribution in [3.63, 3.8) is 0 Å². The van der Waals surface area contributed by atoms with E-state index in [-0.39, 0.29) is 37.3 Å². The fourth-order valence-electron chi connectivity index (χ4n) is 2.58. The van der Waals surface area contributed by atoms with Gasteiger partial charge in [0.2, 0.25) is 5.91 Å². The Morgan fingerprint density at radius 3 is 2.52 bits per heavy atom. The first-order valence-corrected chi connectivity index (χ1v) is 7.63. The van der Waals surface area contributed by atoms with E-state index in [4.69, 9.17) is 10.5 Å². The zero-order chi connectivity index (χ0) is 16.0. The molecule has 1 unspecified atom stereocenters. The Balaban J connectivity index is 0.00000264. The number of hydrogen-bond donors (Lipinski definition) is 3. The van der Waals surface area contributed by atoms with Crippen molar-refractivity contribution in [2.75, 3.05) is 13.2 Å². The van der Waals surface area contributed by atoms with Gasteiger partial charge in [-0.15, -0.1) is 12.4 Å². The molecule has 7 heteroatoms. The molecule has 1 fully saturated rings. The van der Waals surface area contributed by atoms with Crippen LogP contribution in [0.5, 0.6) is 5.75 Å². The molecular formula is C16H24ClFN2O3. The van der Waals surface area contributed by atoms with E-state index in [1.807, 2.05) is 0 Å². The second kappa shape index (κ2) is 9.05. The molecule has 0 bridgehead atoms. The van der Waals surface area contributed by atoms with Crippen LogP contribution in [0.25, 0.3) is 0 Å². The molecular weight excluding hydrogens is 323 g/mol. The summed E-state index contributed by atoms with van der Waals surface area (Å²) in [6.45, 7) is 0.0997. The van der Waals surface area contributed by atoms with Gasteiger partial charge in [0.15, 0.2) is 0 Å². The molecule has 0 aliphatic heterocycles. The number of nitrogens with two attached hydrogens (primary N) is 1. The van der Waals surface area contributed by atoms with Crippen LogP contribution in [0, 0.1) is 5.82 Å². The molecule has 1 saturated carbocycles. The standard InChI is InChI=1S/C16H23FN2O3.ClH/c17-12-4-6-14(7-5-12)22-11-13(20)10-19-15(21)16(18)8-2-1-3-9-16;/h4-7,13,20H,1-3,8-11,18H2,(H,19,21);1H. The van der Waals surface area contributed by atoms with Crippen LogP contribution >= 0.6 is 12.4 Å². The Morgan fingerprint density at radius 1 is 1.30 bits per heavy atom. The lowest BCUT2D eigenvalue weighted by Gasteiger charge is -2.32. The highest BCUT2D eigenvalue weighted by Crippen LogP contribution is 2.25. The summed E-state index contributed by atoms with van der Waals surface area (Å²) >= 11 is 0. The minimum Gasteiger partial charge on any atom is -0.491 e. The van der Waals surface area contributed by atoms with Gasteiger partial charge in [-0.2, -0.15) is 0 Å². The van der Waals surface area contributed by atoms with Crippen molar-refractivity contribution in [1.82, 2.24) is 5.32 Å². The van der Waals surface area contributed by atoms with Crippen molar-refractivity contribution in [2.45, 2.75) is 43.7 Å². The molecule has 23 heavy (non-hydrogen) atoms. The molecule has 1 aromatic carbocycles. The number of nitrogens with one attached hydrogen (secondary N) is 1. The molecule has 0 radical (unpaired) electrons. The summed E-state index contributed by atoms with van der Waals surface area (Å²) in [6, 6.07) is 5.53. The number of rotatable bonds is 6. The Bertz CT molecular complexity index is 493. The number of halogens is 2. The number of aliphatic hydroxyl groups is 1. The summed E-state index contributed by atoms with van der Waals surface area (Å²) in [5.74, 6) is -0.0942. The number of ether oxygens (including phenoxy) is 1. The molecule has 1 aliphatic carbocycles. The molecule has 0 aromatic heterocycles. The lowest BCUT2D eigenvalue weighted by atomic mass is 9.82. The van der Waals surface area contributed by atoms with Crippen molar-refractivity contribution < 1.29 is 19.0 Å². The van der Waals surface area contributed by atoms with Gasteiger partial charge in [-0.1, -0.05) is 19.3 Å². The summed E-state index contributed by atoms with van der Waals surface area (Å²) in [6.07, 6.45) is 3.55. The highest BCUT2D eigenvalue weighted by molar-refractivity contribution is 5.86. The highest BCUT2D eigenvalue weighted by Gasteiger charge is 2.35. The molecule has 0 heterocycles. The summed E-state index contributed by atoms with van der Waals surface area (Å²) in [5.41, 5.74) is 5.30. The van der Waals surface area contributed by atoms with Crippen molar-refractivity contribution in [3.05, 3.63) is 30.1 Å². The van der Waals surface area contributed by atoms with Crippen LogP contribution in [0.1, 0.15) is 32.1 Å². The lowest BCUT2D eigenvalue weighted by Crippen LogP contribution is -2.56. The van der Waals surface area contributed by atoms with Crippen LogP contribution < -0.4 is 15.8 Å². The summed E-state index contributed by atoms with van der Waals surface area (Å²) in [7, 11) is 0. The van der Waals surface area contributed by atoms with Crippen LogP contribution in [0.15, 0.2) is 24.3 Å². The molecule has 1 atom stereocenters. The minimum absolute atomic E-state index is 0. The molecule has 1 aromatic rings. The van der Waals surface area contributed by atoms with Crippen molar-refractivity contribution >= 4 is 18.3 Å². The Labute approximate surface area is 141 Å². The van der Waals surface area contributed by atoms with E-state index in [2.05, 4.69) is 5.32 Å². The maximum absolute atomic E-state index is 12.7. The summed E-state index contributed by atoms with van der Waals surface area (Å²) in [4.78, 5) is 12.1. The van der Waals surface area contributed by atoms with Crippen LogP contribution in [-0.4, -0.2) is 35.8 Å². The van der Waals surface area contributed by atoms with E-state index in [9.17, 15) is 14.3 Å². The lowest BCUT2D eigenvalue weighted by molar-refractivity contribution is -0.128. The molecule has 0 spiro atoms. The Morgan fingerprint density at radius 2 is 1.91 bits per heavy atom. The van der Waals surface area contributed by atoms with Gasteiger partial charge in [0.25, 0.3) is 0 Å². The monoisotopic (exact) mass is 346 g/mol. The molecule has 4 N–H and O–H groups in total. The van der Waals surface area contributed by atoms with Crippen LogP contribution in [0.2, 0.25) is 0 Å². The van der Waals surface area contributed by atoms with Gasteiger partial charge in [0.05, 0.1) is 5.54 Å². The molecule has 5 nitrogen and oxygen atoms in total. The van der Waals surface area contributed by atoms with Crippen molar-refractivity contribution in [3.8, 4) is 5.75 Å². The van der Waals surface area contributed by atoms with Gasteiger partial charge in [-0.05, 0) is 37.1 Å². The molecule has 1 amide bonds. The molecule has 2 rings (SSSR count). The number of carbonyl (C=O) groups excluding carboxylic acids is 1. The van der Waals surface area contributed by atoms with Gasteiger partial charge >= 0.3 is 0 Å². The molecule has 0 saturated heterocycles. The maximum Gasteiger partial charge on any atom is 0.240 e. The van der Waals surface area contributed by atoms with Crippen molar-refractivity contribution in [1.29, 1.82) is 0 Å². The third kappa shape index (κ3) is 5.97. The molecule has 130 valence electrons. The predicted octanol–water partition coefficient (Wildman–Crippen LogP) is 1.77. The smallest absolute Gasteiger partial charge is 0.240 e. The van der Waals surface area contributed by atoms with Gasteiger partial charge in [-0.25, -0.2) is 4.39 Å². The minimum atomic E-state index is -0.846. The highest BCUT2D eigenvalue weighted by atomic mass is 35.5. The second-order valence-electron chi connectivity index (χ2n) is 5.85. The number of benzene rings is 1. The molecule has 1 aliphatic rings.